The van der Waals surface area contributed by atoms with Crippen molar-refractivity contribution in [3.63, 3.8) is 0 Å². The Bertz CT molecular complexity index is 414. The fourth-order valence-corrected chi connectivity index (χ4v) is 2.18. The summed E-state index contributed by atoms with van der Waals surface area (Å²) in [6, 6.07) is 5.13. The Morgan fingerprint density at radius 2 is 2.00 bits per heavy atom. The van der Waals surface area contributed by atoms with Gasteiger partial charge in [0, 0.05) is 13.0 Å². The van der Waals surface area contributed by atoms with Crippen LogP contribution in [0.2, 0.25) is 10.0 Å². The minimum absolute atomic E-state index is 0.0556. The Balaban J connectivity index is 2.09. The van der Waals surface area contributed by atoms with Crippen molar-refractivity contribution in [1.29, 1.82) is 0 Å². The summed E-state index contributed by atoms with van der Waals surface area (Å²) in [6.07, 6.45) is -0.446. The van der Waals surface area contributed by atoms with Crippen LogP contribution in [0.25, 0.3) is 0 Å². The van der Waals surface area contributed by atoms with E-state index in [1.807, 2.05) is 6.92 Å². The smallest absolute Gasteiger partial charge is 0.169 e. The van der Waals surface area contributed by atoms with Gasteiger partial charge >= 0.3 is 0 Å². The average Bonchev–Trinajstić information content (AvgIpc) is 2.29. The molecule has 2 unspecified atom stereocenters. The Kier molecular flexibility index (Phi) is 3.92. The lowest BCUT2D eigenvalue weighted by Gasteiger charge is -2.34. The molecule has 1 aromatic carbocycles. The van der Waals surface area contributed by atoms with Crippen molar-refractivity contribution in [2.45, 2.75) is 25.6 Å². The minimum atomic E-state index is -0.493. The van der Waals surface area contributed by atoms with Gasteiger partial charge in [-0.25, -0.2) is 0 Å². The maximum absolute atomic E-state index is 11.3. The Morgan fingerprint density at radius 1 is 1.35 bits per heavy atom. The summed E-state index contributed by atoms with van der Waals surface area (Å²) < 4.78 is 10.9. The van der Waals surface area contributed by atoms with Crippen LogP contribution < -0.4 is 4.74 Å². The molecule has 0 spiro atoms. The van der Waals surface area contributed by atoms with Crippen LogP contribution in [0.3, 0.4) is 0 Å². The molecule has 5 heteroatoms. The van der Waals surface area contributed by atoms with Crippen LogP contribution in [0.15, 0.2) is 18.2 Å². The highest BCUT2D eigenvalue weighted by Crippen LogP contribution is 2.36. The van der Waals surface area contributed by atoms with Gasteiger partial charge in [-0.3, -0.25) is 4.79 Å². The first kappa shape index (κ1) is 12.7. The van der Waals surface area contributed by atoms with Crippen molar-refractivity contribution in [2.24, 2.45) is 0 Å². The molecule has 1 fully saturated rings. The zero-order valence-electron chi connectivity index (χ0n) is 9.28. The van der Waals surface area contributed by atoms with Gasteiger partial charge in [0.2, 0.25) is 0 Å². The summed E-state index contributed by atoms with van der Waals surface area (Å²) in [5.74, 6) is 0.470. The molecule has 1 saturated carbocycles. The topological polar surface area (TPSA) is 35.5 Å². The number of hydrogen-bond donors (Lipinski definition) is 0. The van der Waals surface area contributed by atoms with Crippen LogP contribution in [0.1, 0.15) is 13.3 Å². The normalized spacial score (nSPS) is 23.4. The van der Waals surface area contributed by atoms with Crippen LogP contribution >= 0.6 is 23.2 Å². The fraction of sp³-hybridized carbons (Fsp3) is 0.417. The molecule has 0 heterocycles. The molecule has 1 aliphatic carbocycles. The number of carbonyl (C=O) groups is 1. The minimum Gasteiger partial charge on any atom is -0.484 e. The highest BCUT2D eigenvalue weighted by molar-refractivity contribution is 6.37. The molecule has 0 radical (unpaired) electrons. The van der Waals surface area contributed by atoms with Crippen molar-refractivity contribution in [3.8, 4) is 5.75 Å². The zero-order valence-corrected chi connectivity index (χ0v) is 10.8. The molecule has 0 amide bonds. The van der Waals surface area contributed by atoms with Crippen molar-refractivity contribution >= 4 is 29.0 Å². The molecule has 0 N–H and O–H groups in total. The Hall–Kier alpha value is -0.770. The lowest BCUT2D eigenvalue weighted by Crippen LogP contribution is -2.52. The van der Waals surface area contributed by atoms with E-state index in [1.54, 1.807) is 18.2 Å². The zero-order chi connectivity index (χ0) is 12.4. The molecular weight excluding hydrogens is 263 g/mol. The first-order valence-corrected chi connectivity index (χ1v) is 6.14. The van der Waals surface area contributed by atoms with Gasteiger partial charge < -0.3 is 9.47 Å². The molecule has 2 atom stereocenters. The lowest BCUT2D eigenvalue weighted by molar-refractivity contribution is -0.154. The number of hydrogen-bond acceptors (Lipinski definition) is 3. The molecule has 0 bridgehead atoms. The van der Waals surface area contributed by atoms with Gasteiger partial charge in [0.15, 0.2) is 17.6 Å². The Labute approximate surface area is 110 Å². The summed E-state index contributed by atoms with van der Waals surface area (Å²) in [5, 5.41) is 0.874. The van der Waals surface area contributed by atoms with Crippen molar-refractivity contribution < 1.29 is 14.3 Å². The maximum atomic E-state index is 11.3. The molecule has 2 rings (SSSR count). The van der Waals surface area contributed by atoms with Crippen LogP contribution in [0.4, 0.5) is 0 Å². The number of halogens is 2. The third-order valence-electron chi connectivity index (χ3n) is 2.59. The van der Waals surface area contributed by atoms with E-state index in [2.05, 4.69) is 0 Å². The standard InChI is InChI=1S/C12H12Cl2O3/c1-2-16-12-9(15)6-10(12)17-11-7(13)4-3-5-8(11)14/h3-5,10,12H,2,6H2,1H3. The largest absolute Gasteiger partial charge is 0.484 e. The second-order valence-electron chi connectivity index (χ2n) is 3.75. The third-order valence-corrected chi connectivity index (χ3v) is 3.19. The molecular formula is C12H12Cl2O3. The number of Topliss-reactive ketones (excluding diaryl/α,β-unsaturated/α-hetero) is 1. The molecule has 92 valence electrons. The van der Waals surface area contributed by atoms with E-state index in [1.165, 1.54) is 0 Å². The van der Waals surface area contributed by atoms with E-state index in [-0.39, 0.29) is 11.9 Å². The number of rotatable bonds is 4. The number of carbonyl (C=O) groups excluding carboxylic acids is 1. The third kappa shape index (κ3) is 2.57. The number of ether oxygens (including phenoxy) is 2. The predicted molar refractivity (Wildman–Crippen MR) is 65.9 cm³/mol. The summed E-state index contributed by atoms with van der Waals surface area (Å²) >= 11 is 12.0. The van der Waals surface area contributed by atoms with Crippen LogP contribution in [-0.4, -0.2) is 24.6 Å². The van der Waals surface area contributed by atoms with E-state index in [0.29, 0.717) is 28.8 Å². The summed E-state index contributed by atoms with van der Waals surface area (Å²) in [6.45, 7) is 2.32. The van der Waals surface area contributed by atoms with E-state index in [4.69, 9.17) is 32.7 Å². The van der Waals surface area contributed by atoms with E-state index in [0.717, 1.165) is 0 Å². The van der Waals surface area contributed by atoms with E-state index in [9.17, 15) is 4.79 Å². The molecule has 0 aliphatic heterocycles. The Morgan fingerprint density at radius 3 is 2.53 bits per heavy atom. The van der Waals surface area contributed by atoms with Gasteiger partial charge in [-0.2, -0.15) is 0 Å². The van der Waals surface area contributed by atoms with Gasteiger partial charge in [-0.05, 0) is 19.1 Å². The van der Waals surface area contributed by atoms with Crippen molar-refractivity contribution in [3.05, 3.63) is 28.2 Å². The molecule has 0 aromatic heterocycles. The quantitative estimate of drug-likeness (QED) is 0.846. The maximum Gasteiger partial charge on any atom is 0.169 e. The summed E-state index contributed by atoms with van der Waals surface area (Å²) in [7, 11) is 0. The first-order chi connectivity index (χ1) is 8.13. The van der Waals surface area contributed by atoms with Gasteiger partial charge in [0.05, 0.1) is 10.0 Å². The van der Waals surface area contributed by atoms with Crippen molar-refractivity contribution in [2.75, 3.05) is 6.61 Å². The highest BCUT2D eigenvalue weighted by Gasteiger charge is 2.42. The van der Waals surface area contributed by atoms with Gasteiger partial charge in [-0.1, -0.05) is 29.3 Å². The van der Waals surface area contributed by atoms with Crippen LogP contribution in [-0.2, 0) is 9.53 Å². The molecule has 1 aromatic rings. The summed E-state index contributed by atoms with van der Waals surface area (Å²) in [5.41, 5.74) is 0. The van der Waals surface area contributed by atoms with Crippen LogP contribution in [0, 0.1) is 0 Å². The second-order valence-corrected chi connectivity index (χ2v) is 4.57. The van der Waals surface area contributed by atoms with E-state index >= 15 is 0 Å². The van der Waals surface area contributed by atoms with Crippen LogP contribution in [0.5, 0.6) is 5.75 Å². The molecule has 0 saturated heterocycles. The number of benzene rings is 1. The van der Waals surface area contributed by atoms with Crippen molar-refractivity contribution in [1.82, 2.24) is 0 Å². The molecule has 1 aliphatic rings. The van der Waals surface area contributed by atoms with E-state index < -0.39 is 6.10 Å². The fourth-order valence-electron chi connectivity index (χ4n) is 1.70. The van der Waals surface area contributed by atoms with Gasteiger partial charge in [-0.15, -0.1) is 0 Å². The predicted octanol–water partition coefficient (Wildman–Crippen LogP) is 3.12. The monoisotopic (exact) mass is 274 g/mol. The SMILES string of the molecule is CCOC1C(=O)CC1Oc1c(Cl)cccc1Cl. The molecule has 3 nitrogen and oxygen atoms in total. The number of para-hydroxylation sites is 1. The second kappa shape index (κ2) is 5.25. The molecule has 17 heavy (non-hydrogen) atoms. The van der Waals surface area contributed by atoms with Gasteiger partial charge in [0.25, 0.3) is 0 Å². The first-order valence-electron chi connectivity index (χ1n) is 5.38. The number of ketones is 1. The van der Waals surface area contributed by atoms with Gasteiger partial charge in [0.1, 0.15) is 6.10 Å². The lowest BCUT2D eigenvalue weighted by atomic mass is 9.90. The highest BCUT2D eigenvalue weighted by atomic mass is 35.5. The average molecular weight is 275 g/mol. The summed E-state index contributed by atoms with van der Waals surface area (Å²) in [4.78, 5) is 11.3.